The third-order valence-electron chi connectivity index (χ3n) is 3.61. The maximum Gasteiger partial charge on any atom is 0.274 e. The van der Waals surface area contributed by atoms with Crippen LogP contribution in [0.2, 0.25) is 0 Å². The standard InChI is InChI=1S/C20H24N4O3S/c1-2-10-22-20(15-24(25)26)23-11-12-28-16-19-9-8-18(27-19)14-21-13-17-6-4-3-5-7-17/h1,3-9,15,21-23H,10-14,16H2/b20-15-. The quantitative estimate of drug-likeness (QED) is 0.206. The molecule has 0 atom stereocenters. The van der Waals surface area contributed by atoms with Crippen molar-refractivity contribution >= 4 is 11.8 Å². The highest BCUT2D eigenvalue weighted by atomic mass is 32.2. The van der Waals surface area contributed by atoms with Gasteiger partial charge in [-0.1, -0.05) is 36.3 Å². The van der Waals surface area contributed by atoms with Gasteiger partial charge in [-0.3, -0.25) is 10.1 Å². The molecule has 1 aromatic heterocycles. The summed E-state index contributed by atoms with van der Waals surface area (Å²) in [5, 5.41) is 19.7. The average Bonchev–Trinajstić information content (AvgIpc) is 3.13. The van der Waals surface area contributed by atoms with E-state index >= 15 is 0 Å². The van der Waals surface area contributed by atoms with Gasteiger partial charge in [0.25, 0.3) is 6.20 Å². The molecule has 1 aromatic carbocycles. The predicted molar refractivity (Wildman–Crippen MR) is 112 cm³/mol. The smallest absolute Gasteiger partial charge is 0.274 e. The number of benzene rings is 1. The van der Waals surface area contributed by atoms with E-state index in [-0.39, 0.29) is 6.54 Å². The fourth-order valence-corrected chi connectivity index (χ4v) is 3.10. The lowest BCUT2D eigenvalue weighted by molar-refractivity contribution is -0.404. The third kappa shape index (κ3) is 8.66. The molecule has 3 N–H and O–H groups in total. The van der Waals surface area contributed by atoms with Crippen LogP contribution >= 0.6 is 11.8 Å². The SMILES string of the molecule is C#CCN/C(=C/[N+](=O)[O-])NCCSCc1ccc(CNCc2ccccc2)o1. The predicted octanol–water partition coefficient (Wildman–Crippen LogP) is 2.69. The molecule has 0 radical (unpaired) electrons. The van der Waals surface area contributed by atoms with E-state index in [1.807, 2.05) is 30.3 Å². The molecule has 0 spiro atoms. The molecule has 0 saturated carbocycles. The number of furan rings is 1. The van der Waals surface area contributed by atoms with E-state index < -0.39 is 4.92 Å². The Morgan fingerprint density at radius 1 is 1.18 bits per heavy atom. The van der Waals surface area contributed by atoms with Crippen molar-refractivity contribution in [1.29, 1.82) is 0 Å². The molecule has 148 valence electrons. The van der Waals surface area contributed by atoms with E-state index in [4.69, 9.17) is 10.8 Å². The van der Waals surface area contributed by atoms with Crippen molar-refractivity contribution in [3.8, 4) is 12.3 Å². The van der Waals surface area contributed by atoms with E-state index in [2.05, 4.69) is 34.0 Å². The highest BCUT2D eigenvalue weighted by Crippen LogP contribution is 2.15. The minimum atomic E-state index is -0.519. The first-order chi connectivity index (χ1) is 13.7. The van der Waals surface area contributed by atoms with Crippen LogP contribution in [0.1, 0.15) is 17.1 Å². The molecule has 0 fully saturated rings. The number of hydrogen-bond acceptors (Lipinski definition) is 7. The lowest BCUT2D eigenvalue weighted by Crippen LogP contribution is -2.29. The molecular formula is C20H24N4O3S. The Bertz CT molecular complexity index is 799. The molecule has 28 heavy (non-hydrogen) atoms. The molecule has 1 heterocycles. The summed E-state index contributed by atoms with van der Waals surface area (Å²) < 4.78 is 5.82. The molecule has 0 bridgehead atoms. The third-order valence-corrected chi connectivity index (χ3v) is 4.59. The zero-order chi connectivity index (χ0) is 20.0. The molecule has 0 aliphatic carbocycles. The van der Waals surface area contributed by atoms with E-state index in [9.17, 15) is 10.1 Å². The Morgan fingerprint density at radius 2 is 1.96 bits per heavy atom. The second kappa shape index (κ2) is 12.5. The van der Waals surface area contributed by atoms with Crippen LogP contribution in [-0.4, -0.2) is 23.8 Å². The summed E-state index contributed by atoms with van der Waals surface area (Å²) >= 11 is 1.68. The van der Waals surface area contributed by atoms with Crippen molar-refractivity contribution in [3.05, 3.63) is 81.7 Å². The largest absolute Gasteiger partial charge is 0.464 e. The van der Waals surface area contributed by atoms with Crippen LogP contribution < -0.4 is 16.0 Å². The molecule has 8 heteroatoms. The number of terminal acetylenes is 1. The zero-order valence-electron chi connectivity index (χ0n) is 15.5. The van der Waals surface area contributed by atoms with Crippen LogP contribution in [0.4, 0.5) is 0 Å². The van der Waals surface area contributed by atoms with Crippen molar-refractivity contribution in [2.45, 2.75) is 18.8 Å². The molecule has 7 nitrogen and oxygen atoms in total. The van der Waals surface area contributed by atoms with Gasteiger partial charge in [-0.2, -0.15) is 11.8 Å². The molecule has 0 aliphatic rings. The van der Waals surface area contributed by atoms with Crippen molar-refractivity contribution in [1.82, 2.24) is 16.0 Å². The first kappa shape index (κ1) is 21.4. The number of thioether (sulfide) groups is 1. The Morgan fingerprint density at radius 3 is 2.71 bits per heavy atom. The number of nitrogens with zero attached hydrogens (tertiary/aromatic N) is 1. The molecule has 0 aliphatic heterocycles. The fourth-order valence-electron chi connectivity index (χ4n) is 2.36. The Balaban J connectivity index is 1.63. The second-order valence-electron chi connectivity index (χ2n) is 5.82. The number of rotatable bonds is 13. The van der Waals surface area contributed by atoms with Gasteiger partial charge >= 0.3 is 0 Å². The van der Waals surface area contributed by atoms with Gasteiger partial charge < -0.3 is 20.4 Å². The van der Waals surface area contributed by atoms with Crippen molar-refractivity contribution in [2.24, 2.45) is 0 Å². The molecule has 2 rings (SSSR count). The normalized spacial score (nSPS) is 11.0. The summed E-state index contributed by atoms with van der Waals surface area (Å²) in [7, 11) is 0. The highest BCUT2D eigenvalue weighted by Gasteiger charge is 2.04. The number of nitrogens with one attached hydrogen (secondary N) is 3. The molecular weight excluding hydrogens is 376 g/mol. The molecule has 0 saturated heterocycles. The topological polar surface area (TPSA) is 92.4 Å². The van der Waals surface area contributed by atoms with Gasteiger partial charge in [0.15, 0.2) is 5.82 Å². The van der Waals surface area contributed by atoms with Gasteiger partial charge in [0.05, 0.1) is 23.8 Å². The first-order valence-corrected chi connectivity index (χ1v) is 9.99. The van der Waals surface area contributed by atoms with Crippen LogP contribution in [-0.2, 0) is 18.8 Å². The average molecular weight is 401 g/mol. The van der Waals surface area contributed by atoms with Gasteiger partial charge in [0.1, 0.15) is 11.5 Å². The maximum atomic E-state index is 10.6. The van der Waals surface area contributed by atoms with Gasteiger partial charge in [-0.05, 0) is 17.7 Å². The van der Waals surface area contributed by atoms with Gasteiger partial charge in [-0.25, -0.2) is 0 Å². The maximum absolute atomic E-state index is 10.6. The van der Waals surface area contributed by atoms with E-state index in [1.54, 1.807) is 11.8 Å². The molecule has 0 unspecified atom stereocenters. The lowest BCUT2D eigenvalue weighted by atomic mass is 10.2. The Hall–Kier alpha value is -2.89. The number of hydrogen-bond donors (Lipinski definition) is 3. The van der Waals surface area contributed by atoms with Gasteiger partial charge in [-0.15, -0.1) is 6.42 Å². The summed E-state index contributed by atoms with van der Waals surface area (Å²) in [6.45, 7) is 2.28. The fraction of sp³-hybridized carbons (Fsp3) is 0.300. The van der Waals surface area contributed by atoms with Gasteiger partial charge in [0, 0.05) is 18.8 Å². The van der Waals surface area contributed by atoms with E-state index in [0.29, 0.717) is 18.9 Å². The molecule has 2 aromatic rings. The summed E-state index contributed by atoms with van der Waals surface area (Å²) in [5.41, 5.74) is 1.24. The zero-order valence-corrected chi connectivity index (χ0v) is 16.3. The van der Waals surface area contributed by atoms with Gasteiger partial charge in [0.2, 0.25) is 0 Å². The van der Waals surface area contributed by atoms with Crippen molar-refractivity contribution in [2.75, 3.05) is 18.8 Å². The minimum absolute atomic E-state index is 0.229. The lowest BCUT2D eigenvalue weighted by Gasteiger charge is -2.08. The summed E-state index contributed by atoms with van der Waals surface area (Å²) in [6, 6.07) is 14.2. The second-order valence-corrected chi connectivity index (χ2v) is 6.93. The summed E-state index contributed by atoms with van der Waals surface area (Å²) in [6.07, 6.45) is 6.03. The van der Waals surface area contributed by atoms with Crippen LogP contribution in [0.15, 0.2) is 58.9 Å². The summed E-state index contributed by atoms with van der Waals surface area (Å²) in [5.74, 6) is 6.02. The van der Waals surface area contributed by atoms with Crippen LogP contribution in [0.5, 0.6) is 0 Å². The minimum Gasteiger partial charge on any atom is -0.464 e. The summed E-state index contributed by atoms with van der Waals surface area (Å²) in [4.78, 5) is 10.1. The first-order valence-electron chi connectivity index (χ1n) is 8.84. The van der Waals surface area contributed by atoms with E-state index in [1.165, 1.54) is 5.56 Å². The van der Waals surface area contributed by atoms with Crippen molar-refractivity contribution < 1.29 is 9.34 Å². The monoisotopic (exact) mass is 400 g/mol. The van der Waals surface area contributed by atoms with Crippen LogP contribution in [0.25, 0.3) is 0 Å². The van der Waals surface area contributed by atoms with Crippen LogP contribution in [0, 0.1) is 22.5 Å². The number of nitro groups is 1. The van der Waals surface area contributed by atoms with Crippen LogP contribution in [0.3, 0.4) is 0 Å². The van der Waals surface area contributed by atoms with Crippen molar-refractivity contribution in [3.63, 3.8) is 0 Å². The highest BCUT2D eigenvalue weighted by molar-refractivity contribution is 7.98. The molecule has 0 amide bonds. The Labute approximate surface area is 169 Å². The van der Waals surface area contributed by atoms with E-state index in [0.717, 1.165) is 35.8 Å². The Kier molecular flexibility index (Phi) is 9.55.